The van der Waals surface area contributed by atoms with E-state index in [0.29, 0.717) is 22.0 Å². The van der Waals surface area contributed by atoms with E-state index in [9.17, 15) is 13.5 Å². The van der Waals surface area contributed by atoms with E-state index < -0.39 is 10.0 Å². The molecule has 0 atom stereocenters. The second-order valence-corrected chi connectivity index (χ2v) is 10.1. The van der Waals surface area contributed by atoms with Crippen LogP contribution in [0.2, 0.25) is 0 Å². The van der Waals surface area contributed by atoms with E-state index in [1.807, 2.05) is 72.8 Å². The van der Waals surface area contributed by atoms with E-state index in [4.69, 9.17) is 0 Å². The van der Waals surface area contributed by atoms with Gasteiger partial charge in [0.15, 0.2) is 0 Å². The van der Waals surface area contributed by atoms with Gasteiger partial charge in [0.25, 0.3) is 10.0 Å². The first-order chi connectivity index (χ1) is 16.5. The first-order valence-electron chi connectivity index (χ1n) is 11.3. The van der Waals surface area contributed by atoms with Crippen molar-refractivity contribution in [1.82, 2.24) is 0 Å². The Morgan fingerprint density at radius 3 is 2.12 bits per heavy atom. The van der Waals surface area contributed by atoms with Gasteiger partial charge in [-0.3, -0.25) is 4.72 Å². The molecule has 0 saturated carbocycles. The lowest BCUT2D eigenvalue weighted by molar-refractivity contribution is 0.483. The molecule has 34 heavy (non-hydrogen) atoms. The van der Waals surface area contributed by atoms with E-state index in [2.05, 4.69) is 11.6 Å². The molecular formula is C29H25NO3S. The van der Waals surface area contributed by atoms with Gasteiger partial charge in [-0.2, -0.15) is 0 Å². The monoisotopic (exact) mass is 467 g/mol. The fourth-order valence-corrected chi connectivity index (χ4v) is 5.51. The minimum absolute atomic E-state index is 0.124. The van der Waals surface area contributed by atoms with Gasteiger partial charge < -0.3 is 5.11 Å². The zero-order valence-electron chi connectivity index (χ0n) is 18.8. The van der Waals surface area contributed by atoms with Gasteiger partial charge >= 0.3 is 0 Å². The van der Waals surface area contributed by atoms with Crippen LogP contribution >= 0.6 is 0 Å². The van der Waals surface area contributed by atoms with Gasteiger partial charge in [-0.25, -0.2) is 8.42 Å². The maximum absolute atomic E-state index is 13.3. The smallest absolute Gasteiger partial charge is 0.261 e. The van der Waals surface area contributed by atoms with Crippen molar-refractivity contribution in [2.24, 2.45) is 0 Å². The third kappa shape index (κ3) is 3.99. The van der Waals surface area contributed by atoms with Crippen molar-refractivity contribution in [2.45, 2.75) is 24.7 Å². The Labute approximate surface area is 199 Å². The van der Waals surface area contributed by atoms with Crippen molar-refractivity contribution in [2.75, 3.05) is 4.72 Å². The van der Waals surface area contributed by atoms with Crippen LogP contribution in [0.4, 0.5) is 5.69 Å². The number of sulfonamides is 1. The molecule has 5 aromatic rings. The summed E-state index contributed by atoms with van der Waals surface area (Å²) in [7, 11) is -3.82. The molecule has 0 spiro atoms. The number of hydrogen-bond donors (Lipinski definition) is 2. The van der Waals surface area contributed by atoms with Gasteiger partial charge in [0, 0.05) is 16.3 Å². The molecule has 5 aromatic carbocycles. The van der Waals surface area contributed by atoms with Crippen LogP contribution in [0.15, 0.2) is 102 Å². The highest BCUT2D eigenvalue weighted by Crippen LogP contribution is 2.42. The van der Waals surface area contributed by atoms with E-state index >= 15 is 0 Å². The highest BCUT2D eigenvalue weighted by atomic mass is 32.2. The van der Waals surface area contributed by atoms with Gasteiger partial charge in [-0.15, -0.1) is 0 Å². The first kappa shape index (κ1) is 22.0. The number of benzene rings is 5. The second-order valence-electron chi connectivity index (χ2n) is 8.39. The summed E-state index contributed by atoms with van der Waals surface area (Å²) in [4.78, 5) is 0.205. The molecule has 0 aliphatic rings. The Morgan fingerprint density at radius 1 is 0.735 bits per heavy atom. The van der Waals surface area contributed by atoms with Gasteiger partial charge in [-0.05, 0) is 46.5 Å². The molecule has 0 aromatic heterocycles. The SMILES string of the molecule is CCCc1ccc(S(=O)(=O)Nc2cc(-c3cccc4ccccc34)c(O)c3ccccc23)cc1. The molecular weight excluding hydrogens is 442 g/mol. The largest absolute Gasteiger partial charge is 0.507 e. The third-order valence-electron chi connectivity index (χ3n) is 6.11. The van der Waals surface area contributed by atoms with Crippen molar-refractivity contribution in [3.8, 4) is 16.9 Å². The zero-order valence-corrected chi connectivity index (χ0v) is 19.6. The van der Waals surface area contributed by atoms with E-state index in [1.54, 1.807) is 24.3 Å². The number of hydrogen-bond acceptors (Lipinski definition) is 3. The Hall–Kier alpha value is -3.83. The molecule has 0 amide bonds. The fourth-order valence-electron chi connectivity index (χ4n) is 4.44. The fraction of sp³-hybridized carbons (Fsp3) is 0.103. The van der Waals surface area contributed by atoms with E-state index in [-0.39, 0.29) is 10.6 Å². The summed E-state index contributed by atoms with van der Waals surface area (Å²) in [6, 6.07) is 29.8. The summed E-state index contributed by atoms with van der Waals surface area (Å²) in [5.74, 6) is 0.124. The molecule has 5 heteroatoms. The lowest BCUT2D eigenvalue weighted by atomic mass is 9.94. The van der Waals surface area contributed by atoms with Gasteiger partial charge in [0.05, 0.1) is 10.6 Å². The summed E-state index contributed by atoms with van der Waals surface area (Å²) in [6.45, 7) is 2.09. The predicted octanol–water partition coefficient (Wildman–Crippen LogP) is 7.12. The molecule has 0 radical (unpaired) electrons. The van der Waals surface area contributed by atoms with Crippen LogP contribution in [-0.2, 0) is 16.4 Å². The number of fused-ring (bicyclic) bond motifs is 2. The van der Waals surface area contributed by atoms with Crippen LogP contribution in [0.1, 0.15) is 18.9 Å². The van der Waals surface area contributed by atoms with Crippen LogP contribution < -0.4 is 4.72 Å². The van der Waals surface area contributed by atoms with Crippen LogP contribution in [0.25, 0.3) is 32.7 Å². The number of nitrogens with one attached hydrogen (secondary N) is 1. The van der Waals surface area contributed by atoms with Gasteiger partial charge in [0.2, 0.25) is 0 Å². The van der Waals surface area contributed by atoms with Crippen LogP contribution in [0.5, 0.6) is 5.75 Å². The summed E-state index contributed by atoms with van der Waals surface area (Å²) >= 11 is 0. The number of rotatable bonds is 6. The molecule has 2 N–H and O–H groups in total. The average Bonchev–Trinajstić information content (AvgIpc) is 2.86. The van der Waals surface area contributed by atoms with Crippen LogP contribution in [0.3, 0.4) is 0 Å². The van der Waals surface area contributed by atoms with Crippen molar-refractivity contribution >= 4 is 37.3 Å². The Kier molecular flexibility index (Phi) is 5.72. The lowest BCUT2D eigenvalue weighted by Gasteiger charge is -2.16. The number of aromatic hydroxyl groups is 1. The topological polar surface area (TPSA) is 66.4 Å². The minimum Gasteiger partial charge on any atom is -0.507 e. The first-order valence-corrected chi connectivity index (χ1v) is 12.8. The molecule has 0 fully saturated rings. The number of anilines is 1. The number of aryl methyl sites for hydroxylation is 1. The van der Waals surface area contributed by atoms with Crippen LogP contribution in [0, 0.1) is 0 Å². The predicted molar refractivity (Wildman–Crippen MR) is 140 cm³/mol. The lowest BCUT2D eigenvalue weighted by Crippen LogP contribution is -2.13. The van der Waals surface area contributed by atoms with Gasteiger partial charge in [0.1, 0.15) is 5.75 Å². The summed E-state index contributed by atoms with van der Waals surface area (Å²) in [5, 5.41) is 14.5. The maximum Gasteiger partial charge on any atom is 0.261 e. The van der Waals surface area contributed by atoms with E-state index in [0.717, 1.165) is 34.7 Å². The Bertz CT molecular complexity index is 1600. The van der Waals surface area contributed by atoms with Crippen molar-refractivity contribution < 1.29 is 13.5 Å². The average molecular weight is 468 g/mol. The standard InChI is InChI=1S/C29H25NO3S/c1-2-8-20-15-17-22(18-16-20)34(32,33)30-28-19-27(29(31)26-13-6-5-12-25(26)28)24-14-7-10-21-9-3-4-11-23(21)24/h3-7,9-19,30-31H,2,8H2,1H3. The molecule has 0 aliphatic heterocycles. The van der Waals surface area contributed by atoms with Crippen LogP contribution in [-0.4, -0.2) is 13.5 Å². The summed E-state index contributed by atoms with van der Waals surface area (Å²) < 4.78 is 29.3. The molecule has 0 heterocycles. The van der Waals surface area contributed by atoms with Crippen molar-refractivity contribution in [3.05, 3.63) is 103 Å². The normalized spacial score (nSPS) is 11.7. The highest BCUT2D eigenvalue weighted by Gasteiger charge is 2.20. The highest BCUT2D eigenvalue weighted by molar-refractivity contribution is 7.92. The molecule has 4 nitrogen and oxygen atoms in total. The molecule has 0 saturated heterocycles. The molecule has 0 unspecified atom stereocenters. The third-order valence-corrected chi connectivity index (χ3v) is 7.49. The summed E-state index contributed by atoms with van der Waals surface area (Å²) in [6.07, 6.45) is 1.91. The number of phenols is 1. The molecule has 0 bridgehead atoms. The molecule has 170 valence electrons. The van der Waals surface area contributed by atoms with E-state index in [1.165, 1.54) is 0 Å². The molecule has 5 rings (SSSR count). The maximum atomic E-state index is 13.3. The minimum atomic E-state index is -3.82. The second kappa shape index (κ2) is 8.84. The van der Waals surface area contributed by atoms with Crippen molar-refractivity contribution in [1.29, 1.82) is 0 Å². The van der Waals surface area contributed by atoms with Gasteiger partial charge in [-0.1, -0.05) is 92.2 Å². The van der Waals surface area contributed by atoms with Crippen molar-refractivity contribution in [3.63, 3.8) is 0 Å². The summed E-state index contributed by atoms with van der Waals surface area (Å²) in [5.41, 5.74) is 2.95. The molecule has 0 aliphatic carbocycles. The number of phenolic OH excluding ortho intramolecular Hbond substituents is 1. The Morgan fingerprint density at radius 2 is 1.38 bits per heavy atom. The zero-order chi connectivity index (χ0) is 23.7. The Balaban J connectivity index is 1.66. The quantitative estimate of drug-likeness (QED) is 0.261.